The van der Waals surface area contributed by atoms with Crippen molar-refractivity contribution in [1.29, 1.82) is 0 Å². The zero-order valence-electron chi connectivity index (χ0n) is 8.08. The fourth-order valence-corrected chi connectivity index (χ4v) is 1.83. The molecule has 15 heavy (non-hydrogen) atoms. The van der Waals surface area contributed by atoms with Crippen LogP contribution in [0.3, 0.4) is 0 Å². The summed E-state index contributed by atoms with van der Waals surface area (Å²) >= 11 is 8.95. The van der Waals surface area contributed by atoms with Crippen LogP contribution in [0.4, 0.5) is 5.69 Å². The molecule has 1 rings (SSSR count). The van der Waals surface area contributed by atoms with Crippen LogP contribution in [-0.4, -0.2) is 10.3 Å². The van der Waals surface area contributed by atoms with Crippen molar-refractivity contribution in [2.45, 2.75) is 18.7 Å². The minimum Gasteiger partial charge on any atom is -0.258 e. The summed E-state index contributed by atoms with van der Waals surface area (Å²) in [7, 11) is 0. The number of benzene rings is 1. The second-order valence-electron chi connectivity index (χ2n) is 3.15. The van der Waals surface area contributed by atoms with Gasteiger partial charge in [0.1, 0.15) is 0 Å². The molecule has 0 N–H and O–H groups in total. The van der Waals surface area contributed by atoms with Crippen LogP contribution in [-0.2, 0) is 12.3 Å². The molecule has 5 heteroatoms. The summed E-state index contributed by atoms with van der Waals surface area (Å²) in [5.74, 6) is 0.176. The van der Waals surface area contributed by atoms with E-state index in [-0.39, 0.29) is 16.5 Å². The third-order valence-corrected chi connectivity index (χ3v) is 2.94. The average Bonchev–Trinajstić information content (AvgIpc) is 2.25. The van der Waals surface area contributed by atoms with E-state index in [0.29, 0.717) is 5.56 Å². The number of halogens is 2. The first-order valence-electron chi connectivity index (χ1n) is 4.57. The van der Waals surface area contributed by atoms with E-state index >= 15 is 0 Å². The Morgan fingerprint density at radius 2 is 2.20 bits per heavy atom. The van der Waals surface area contributed by atoms with E-state index in [4.69, 9.17) is 11.6 Å². The van der Waals surface area contributed by atoms with Crippen molar-refractivity contribution in [3.63, 3.8) is 0 Å². The second-order valence-corrected chi connectivity index (χ2v) is 4.21. The molecule has 0 unspecified atom stereocenters. The molecular weight excluding hydrogens is 281 g/mol. The summed E-state index contributed by atoms with van der Waals surface area (Å²) in [5.41, 5.74) is 1.68. The Bertz CT molecular complexity index is 357. The first-order chi connectivity index (χ1) is 7.19. The number of aryl methyl sites for hydroxylation is 1. The molecule has 82 valence electrons. The molecule has 0 spiro atoms. The highest BCUT2D eigenvalue weighted by Crippen LogP contribution is 2.22. The van der Waals surface area contributed by atoms with Crippen molar-refractivity contribution >= 4 is 33.2 Å². The van der Waals surface area contributed by atoms with Gasteiger partial charge < -0.3 is 0 Å². The number of nitrogens with zero attached hydrogens (tertiary/aromatic N) is 1. The molecule has 0 aliphatic heterocycles. The van der Waals surface area contributed by atoms with Crippen molar-refractivity contribution in [3.05, 3.63) is 39.4 Å². The van der Waals surface area contributed by atoms with E-state index in [1.54, 1.807) is 12.1 Å². The van der Waals surface area contributed by atoms with Crippen LogP contribution in [0, 0.1) is 10.1 Å². The lowest BCUT2D eigenvalue weighted by molar-refractivity contribution is -0.385. The summed E-state index contributed by atoms with van der Waals surface area (Å²) < 4.78 is 0. The highest BCUT2D eigenvalue weighted by Gasteiger charge is 2.13. The lowest BCUT2D eigenvalue weighted by atomic mass is 10.1. The fourth-order valence-electron chi connectivity index (χ4n) is 1.32. The van der Waals surface area contributed by atoms with Crippen molar-refractivity contribution < 1.29 is 4.92 Å². The van der Waals surface area contributed by atoms with Crippen molar-refractivity contribution in [1.82, 2.24) is 0 Å². The van der Waals surface area contributed by atoms with Crippen molar-refractivity contribution in [2.24, 2.45) is 0 Å². The van der Waals surface area contributed by atoms with Crippen LogP contribution in [0.5, 0.6) is 0 Å². The summed E-state index contributed by atoms with van der Waals surface area (Å²) in [4.78, 5) is 10.4. The molecule has 0 aliphatic rings. The Morgan fingerprint density at radius 1 is 1.47 bits per heavy atom. The maximum absolute atomic E-state index is 10.7. The predicted octanol–water partition coefficient (Wildman–Crippen LogP) is 3.66. The summed E-state index contributed by atoms with van der Waals surface area (Å²) in [5, 5.41) is 11.6. The molecule has 1 aromatic rings. The Labute approximate surface area is 102 Å². The third kappa shape index (κ3) is 3.47. The van der Waals surface area contributed by atoms with Gasteiger partial charge in [-0.25, -0.2) is 0 Å². The van der Waals surface area contributed by atoms with Gasteiger partial charge in [-0.15, -0.1) is 11.6 Å². The van der Waals surface area contributed by atoms with Gasteiger partial charge in [-0.3, -0.25) is 10.1 Å². The SMILES string of the molecule is O=[N+]([O-])c1cc(CCCBr)ccc1CCl. The average molecular weight is 293 g/mol. The molecule has 0 fully saturated rings. The van der Waals surface area contributed by atoms with E-state index in [0.717, 1.165) is 23.7 Å². The number of alkyl halides is 2. The normalized spacial score (nSPS) is 10.3. The molecule has 0 bridgehead atoms. The first kappa shape index (κ1) is 12.5. The topological polar surface area (TPSA) is 43.1 Å². The highest BCUT2D eigenvalue weighted by molar-refractivity contribution is 9.09. The number of hydrogen-bond donors (Lipinski definition) is 0. The van der Waals surface area contributed by atoms with E-state index < -0.39 is 0 Å². The molecule has 0 atom stereocenters. The summed E-state index contributed by atoms with van der Waals surface area (Å²) in [6.45, 7) is 0. The number of nitro benzene ring substituents is 1. The van der Waals surface area contributed by atoms with Gasteiger partial charge in [0.25, 0.3) is 5.69 Å². The maximum atomic E-state index is 10.7. The lowest BCUT2D eigenvalue weighted by Gasteiger charge is -2.02. The minimum atomic E-state index is -0.380. The molecule has 0 heterocycles. The molecular formula is C10H11BrClNO2. The Kier molecular flexibility index (Phi) is 5.05. The van der Waals surface area contributed by atoms with Crippen LogP contribution in [0.2, 0.25) is 0 Å². The molecule has 3 nitrogen and oxygen atoms in total. The Morgan fingerprint density at radius 3 is 2.73 bits per heavy atom. The number of rotatable bonds is 5. The molecule has 0 aliphatic carbocycles. The zero-order valence-corrected chi connectivity index (χ0v) is 10.4. The largest absolute Gasteiger partial charge is 0.274 e. The van der Waals surface area contributed by atoms with Gasteiger partial charge in [0.15, 0.2) is 0 Å². The lowest BCUT2D eigenvalue weighted by Crippen LogP contribution is -1.96. The Balaban J connectivity index is 2.94. The van der Waals surface area contributed by atoms with Gasteiger partial charge in [0, 0.05) is 17.0 Å². The van der Waals surface area contributed by atoms with Crippen LogP contribution in [0.1, 0.15) is 17.5 Å². The van der Waals surface area contributed by atoms with E-state index in [1.165, 1.54) is 0 Å². The third-order valence-electron chi connectivity index (χ3n) is 2.09. The molecule has 1 aromatic carbocycles. The van der Waals surface area contributed by atoms with Gasteiger partial charge in [-0.1, -0.05) is 28.1 Å². The quantitative estimate of drug-likeness (QED) is 0.472. The highest BCUT2D eigenvalue weighted by atomic mass is 79.9. The summed E-state index contributed by atoms with van der Waals surface area (Å²) in [6.07, 6.45) is 1.81. The van der Waals surface area contributed by atoms with Crippen molar-refractivity contribution in [2.75, 3.05) is 5.33 Å². The first-order valence-corrected chi connectivity index (χ1v) is 6.22. The smallest absolute Gasteiger partial charge is 0.258 e. The summed E-state index contributed by atoms with van der Waals surface area (Å²) in [6, 6.07) is 5.24. The monoisotopic (exact) mass is 291 g/mol. The Hall–Kier alpha value is -0.610. The number of nitro groups is 1. The fraction of sp³-hybridized carbons (Fsp3) is 0.400. The van der Waals surface area contributed by atoms with Crippen LogP contribution >= 0.6 is 27.5 Å². The van der Waals surface area contributed by atoms with Crippen molar-refractivity contribution in [3.8, 4) is 0 Å². The minimum absolute atomic E-state index is 0.122. The molecule has 0 amide bonds. The van der Waals surface area contributed by atoms with Crippen LogP contribution in [0.15, 0.2) is 18.2 Å². The van der Waals surface area contributed by atoms with Gasteiger partial charge in [0.05, 0.1) is 10.8 Å². The standard InChI is InChI=1S/C10H11BrClNO2/c11-5-1-2-8-3-4-9(7-12)10(6-8)13(14)15/h3-4,6H,1-2,5,7H2. The second kappa shape index (κ2) is 6.08. The predicted molar refractivity (Wildman–Crippen MR) is 64.8 cm³/mol. The van der Waals surface area contributed by atoms with Crippen LogP contribution in [0.25, 0.3) is 0 Å². The van der Waals surface area contributed by atoms with E-state index in [9.17, 15) is 10.1 Å². The zero-order chi connectivity index (χ0) is 11.3. The van der Waals surface area contributed by atoms with Gasteiger partial charge >= 0.3 is 0 Å². The van der Waals surface area contributed by atoms with E-state index in [2.05, 4.69) is 15.9 Å². The molecule has 0 saturated heterocycles. The molecule has 0 aromatic heterocycles. The number of hydrogen-bond acceptors (Lipinski definition) is 2. The van der Waals surface area contributed by atoms with E-state index in [1.807, 2.05) is 6.07 Å². The van der Waals surface area contributed by atoms with Gasteiger partial charge in [0.2, 0.25) is 0 Å². The molecule has 0 saturated carbocycles. The van der Waals surface area contributed by atoms with Gasteiger partial charge in [-0.2, -0.15) is 0 Å². The molecule has 0 radical (unpaired) electrons. The van der Waals surface area contributed by atoms with Crippen LogP contribution < -0.4 is 0 Å². The maximum Gasteiger partial charge on any atom is 0.274 e. The van der Waals surface area contributed by atoms with Gasteiger partial charge in [-0.05, 0) is 18.4 Å².